The maximum atomic E-state index is 6.00. The van der Waals surface area contributed by atoms with E-state index in [-0.39, 0.29) is 0 Å². The molecule has 1 atom stereocenters. The van der Waals surface area contributed by atoms with Gasteiger partial charge in [-0.05, 0) is 45.3 Å². The molecule has 3 heterocycles. The topological polar surface area (TPSA) is 54.6 Å². The van der Waals surface area contributed by atoms with Crippen LogP contribution >= 0.6 is 0 Å². The first-order valence-electron chi connectivity index (χ1n) is 8.10. The molecular weight excluding hydrogens is 264 g/mol. The van der Waals surface area contributed by atoms with Crippen molar-refractivity contribution in [3.63, 3.8) is 0 Å². The van der Waals surface area contributed by atoms with E-state index in [9.17, 15) is 0 Å². The summed E-state index contributed by atoms with van der Waals surface area (Å²) >= 11 is 0. The molecule has 2 fully saturated rings. The summed E-state index contributed by atoms with van der Waals surface area (Å²) in [5.74, 6) is 1.76. The van der Waals surface area contributed by atoms with E-state index in [2.05, 4.69) is 20.9 Å². The molecular formula is C16H26N4O. The van der Waals surface area contributed by atoms with Gasteiger partial charge in [0.2, 0.25) is 5.88 Å². The first-order chi connectivity index (χ1) is 10.3. The Morgan fingerprint density at radius 1 is 1.24 bits per heavy atom. The average molecular weight is 290 g/mol. The van der Waals surface area contributed by atoms with Gasteiger partial charge in [-0.25, -0.2) is 0 Å². The molecule has 1 unspecified atom stereocenters. The maximum Gasteiger partial charge on any atom is 0.215 e. The number of nitrogens with zero attached hydrogens (tertiary/aromatic N) is 3. The van der Waals surface area contributed by atoms with Crippen LogP contribution in [0, 0.1) is 0 Å². The van der Waals surface area contributed by atoms with Crippen molar-refractivity contribution in [1.29, 1.82) is 0 Å². The highest BCUT2D eigenvalue weighted by atomic mass is 16.5. The Kier molecular flexibility index (Phi) is 4.60. The minimum Gasteiger partial charge on any atom is -0.478 e. The second kappa shape index (κ2) is 6.62. The first kappa shape index (κ1) is 14.6. The Morgan fingerprint density at radius 2 is 2.05 bits per heavy atom. The molecule has 0 spiro atoms. The molecule has 5 heteroatoms. The van der Waals surface area contributed by atoms with E-state index in [4.69, 9.17) is 10.5 Å². The Balaban J connectivity index is 1.60. The summed E-state index contributed by atoms with van der Waals surface area (Å²) in [6, 6.07) is 7.09. The van der Waals surface area contributed by atoms with Gasteiger partial charge in [-0.3, -0.25) is 4.90 Å². The van der Waals surface area contributed by atoms with Crippen molar-refractivity contribution in [3.05, 3.63) is 18.2 Å². The zero-order valence-corrected chi connectivity index (χ0v) is 12.9. The third kappa shape index (κ3) is 3.47. The fourth-order valence-corrected chi connectivity index (χ4v) is 3.34. The van der Waals surface area contributed by atoms with Crippen molar-refractivity contribution in [2.24, 2.45) is 5.73 Å². The number of aromatic nitrogens is 1. The molecule has 2 aliphatic heterocycles. The van der Waals surface area contributed by atoms with Crippen molar-refractivity contribution >= 4 is 5.82 Å². The lowest BCUT2D eigenvalue weighted by Crippen LogP contribution is -2.46. The van der Waals surface area contributed by atoms with Gasteiger partial charge < -0.3 is 15.4 Å². The molecule has 116 valence electrons. The highest BCUT2D eigenvalue weighted by molar-refractivity contribution is 5.42. The van der Waals surface area contributed by atoms with E-state index in [1.54, 1.807) is 0 Å². The van der Waals surface area contributed by atoms with Gasteiger partial charge in [0.05, 0.1) is 6.61 Å². The number of likely N-dealkylation sites (tertiary alicyclic amines) is 1. The number of nitrogens with two attached hydrogens (primary N) is 1. The number of anilines is 1. The smallest absolute Gasteiger partial charge is 0.215 e. The van der Waals surface area contributed by atoms with Crippen molar-refractivity contribution in [2.75, 3.05) is 37.7 Å². The normalized spacial score (nSPS) is 24.5. The van der Waals surface area contributed by atoms with Crippen LogP contribution in [0.1, 0.15) is 26.2 Å². The van der Waals surface area contributed by atoms with Crippen LogP contribution in [0.15, 0.2) is 18.2 Å². The van der Waals surface area contributed by atoms with Crippen LogP contribution in [-0.2, 0) is 0 Å². The lowest BCUT2D eigenvalue weighted by Gasteiger charge is -2.34. The predicted octanol–water partition coefficient (Wildman–Crippen LogP) is 1.48. The van der Waals surface area contributed by atoms with Crippen LogP contribution in [0.5, 0.6) is 5.88 Å². The number of pyridine rings is 1. The standard InChI is InChI=1S/C16H26N4O/c1-2-21-16-5-3-4-15(18-16)20-11-8-14(12-20)19-9-6-13(17)7-10-19/h3-5,13-14H,2,6-12,17H2,1H3. The second-order valence-electron chi connectivity index (χ2n) is 6.03. The van der Waals surface area contributed by atoms with Gasteiger partial charge in [-0.1, -0.05) is 6.07 Å². The number of rotatable bonds is 4. The Bertz CT molecular complexity index is 459. The molecule has 0 aromatic carbocycles. The van der Waals surface area contributed by atoms with Gasteiger partial charge in [-0.2, -0.15) is 4.98 Å². The minimum absolute atomic E-state index is 0.406. The third-order valence-electron chi connectivity index (χ3n) is 4.58. The molecule has 1 aromatic heterocycles. The molecule has 21 heavy (non-hydrogen) atoms. The maximum absolute atomic E-state index is 6.00. The summed E-state index contributed by atoms with van der Waals surface area (Å²) in [7, 11) is 0. The number of ether oxygens (including phenoxy) is 1. The zero-order valence-electron chi connectivity index (χ0n) is 12.9. The monoisotopic (exact) mass is 290 g/mol. The summed E-state index contributed by atoms with van der Waals surface area (Å²) in [6.07, 6.45) is 3.49. The molecule has 5 nitrogen and oxygen atoms in total. The van der Waals surface area contributed by atoms with Crippen LogP contribution in [0.2, 0.25) is 0 Å². The molecule has 0 bridgehead atoms. The molecule has 2 N–H and O–H groups in total. The molecule has 3 rings (SSSR count). The second-order valence-corrected chi connectivity index (χ2v) is 6.03. The summed E-state index contributed by atoms with van der Waals surface area (Å²) in [4.78, 5) is 9.58. The highest BCUT2D eigenvalue weighted by Crippen LogP contribution is 2.25. The summed E-state index contributed by atoms with van der Waals surface area (Å²) in [5.41, 5.74) is 6.00. The van der Waals surface area contributed by atoms with Crippen LogP contribution in [0.3, 0.4) is 0 Å². The van der Waals surface area contributed by atoms with Gasteiger partial charge in [-0.15, -0.1) is 0 Å². The fraction of sp³-hybridized carbons (Fsp3) is 0.688. The van der Waals surface area contributed by atoms with Crippen molar-refractivity contribution in [3.8, 4) is 5.88 Å². The van der Waals surface area contributed by atoms with E-state index in [0.717, 1.165) is 50.7 Å². The summed E-state index contributed by atoms with van der Waals surface area (Å²) in [6.45, 7) is 7.08. The van der Waals surface area contributed by atoms with Gasteiger partial charge in [0.15, 0.2) is 0 Å². The number of piperidine rings is 1. The van der Waals surface area contributed by atoms with Crippen molar-refractivity contribution in [2.45, 2.75) is 38.3 Å². The Morgan fingerprint density at radius 3 is 2.81 bits per heavy atom. The summed E-state index contributed by atoms with van der Waals surface area (Å²) in [5, 5.41) is 0. The predicted molar refractivity (Wildman–Crippen MR) is 84.8 cm³/mol. The van der Waals surface area contributed by atoms with Gasteiger partial charge >= 0.3 is 0 Å². The molecule has 1 aromatic rings. The van der Waals surface area contributed by atoms with Crippen molar-refractivity contribution in [1.82, 2.24) is 9.88 Å². The minimum atomic E-state index is 0.406. The van der Waals surface area contributed by atoms with E-state index in [1.165, 1.54) is 6.42 Å². The highest BCUT2D eigenvalue weighted by Gasteiger charge is 2.30. The Hall–Kier alpha value is -1.33. The average Bonchev–Trinajstić information content (AvgIpc) is 2.98. The lowest BCUT2D eigenvalue weighted by atomic mass is 10.0. The first-order valence-corrected chi connectivity index (χ1v) is 8.10. The fourth-order valence-electron chi connectivity index (χ4n) is 3.34. The van der Waals surface area contributed by atoms with Gasteiger partial charge in [0, 0.05) is 31.2 Å². The molecule has 0 saturated carbocycles. The van der Waals surface area contributed by atoms with E-state index < -0.39 is 0 Å². The summed E-state index contributed by atoms with van der Waals surface area (Å²) < 4.78 is 5.50. The largest absolute Gasteiger partial charge is 0.478 e. The number of hydrogen-bond acceptors (Lipinski definition) is 5. The molecule has 0 radical (unpaired) electrons. The van der Waals surface area contributed by atoms with Gasteiger partial charge in [0.1, 0.15) is 5.82 Å². The van der Waals surface area contributed by atoms with Crippen LogP contribution in [-0.4, -0.2) is 54.8 Å². The number of hydrogen-bond donors (Lipinski definition) is 1. The molecule has 2 saturated heterocycles. The quantitative estimate of drug-likeness (QED) is 0.910. The van der Waals surface area contributed by atoms with Crippen molar-refractivity contribution < 1.29 is 4.74 Å². The van der Waals surface area contributed by atoms with E-state index in [1.807, 2.05) is 19.1 Å². The van der Waals surface area contributed by atoms with Crippen LogP contribution in [0.4, 0.5) is 5.82 Å². The molecule has 0 aliphatic carbocycles. The van der Waals surface area contributed by atoms with E-state index in [0.29, 0.717) is 18.7 Å². The van der Waals surface area contributed by atoms with E-state index >= 15 is 0 Å². The van der Waals surface area contributed by atoms with Crippen LogP contribution in [0.25, 0.3) is 0 Å². The zero-order chi connectivity index (χ0) is 14.7. The molecule has 2 aliphatic rings. The SMILES string of the molecule is CCOc1cccc(N2CCC(N3CCC(N)CC3)C2)n1. The molecule has 0 amide bonds. The third-order valence-corrected chi connectivity index (χ3v) is 4.58. The lowest BCUT2D eigenvalue weighted by molar-refractivity contribution is 0.163. The Labute approximate surface area is 127 Å². The van der Waals surface area contributed by atoms with Gasteiger partial charge in [0.25, 0.3) is 0 Å². The van der Waals surface area contributed by atoms with Crippen LogP contribution < -0.4 is 15.4 Å².